The van der Waals surface area contributed by atoms with Gasteiger partial charge in [0.25, 0.3) is 5.91 Å². The largest absolute Gasteiger partial charge is 0.462 e. The molecule has 0 saturated carbocycles. The van der Waals surface area contributed by atoms with Crippen molar-refractivity contribution in [1.82, 2.24) is 5.43 Å². The van der Waals surface area contributed by atoms with Crippen molar-refractivity contribution in [2.45, 2.75) is 13.8 Å². The summed E-state index contributed by atoms with van der Waals surface area (Å²) in [6, 6.07) is 16.8. The van der Waals surface area contributed by atoms with Crippen LogP contribution in [0.1, 0.15) is 40.3 Å². The Balaban J connectivity index is 1.61. The lowest BCUT2D eigenvalue weighted by molar-refractivity contribution is -0.114. The molecule has 0 fully saturated rings. The molecule has 3 rings (SSSR count). The molecule has 0 spiro atoms. The highest BCUT2D eigenvalue weighted by atomic mass is 16.5. The summed E-state index contributed by atoms with van der Waals surface area (Å²) in [6.45, 7) is 3.46. The van der Waals surface area contributed by atoms with Crippen LogP contribution in [0.5, 0.6) is 0 Å². The maximum absolute atomic E-state index is 12.2. The highest BCUT2D eigenvalue weighted by Crippen LogP contribution is 2.22. The quantitative estimate of drug-likeness (QED) is 0.343. The van der Waals surface area contributed by atoms with E-state index in [9.17, 15) is 14.4 Å². The second-order valence-corrected chi connectivity index (χ2v) is 6.46. The molecule has 31 heavy (non-hydrogen) atoms. The van der Waals surface area contributed by atoms with Gasteiger partial charge in [0, 0.05) is 23.7 Å². The molecule has 0 atom stereocenters. The highest BCUT2D eigenvalue weighted by molar-refractivity contribution is 5.97. The van der Waals surface area contributed by atoms with Crippen molar-refractivity contribution in [1.29, 1.82) is 0 Å². The number of anilines is 1. The van der Waals surface area contributed by atoms with Gasteiger partial charge in [-0.2, -0.15) is 5.10 Å². The fourth-order valence-electron chi connectivity index (χ4n) is 2.72. The second-order valence-electron chi connectivity index (χ2n) is 6.46. The Morgan fingerprint density at radius 1 is 1.03 bits per heavy atom. The van der Waals surface area contributed by atoms with E-state index in [1.165, 1.54) is 13.1 Å². The summed E-state index contributed by atoms with van der Waals surface area (Å²) in [5, 5.41) is 6.52. The highest BCUT2D eigenvalue weighted by Gasteiger charge is 2.09. The van der Waals surface area contributed by atoms with Crippen LogP contribution in [0.2, 0.25) is 0 Å². The molecule has 8 heteroatoms. The number of rotatable bonds is 7. The minimum absolute atomic E-state index is 0.222. The SMILES string of the molecule is CCOC(=O)c1ccc(-c2ccc(C=NNC(=O)c3cccc(NC(C)=O)c3)o2)cc1. The van der Waals surface area contributed by atoms with Crippen LogP contribution in [-0.2, 0) is 9.53 Å². The minimum atomic E-state index is -0.426. The molecule has 0 aliphatic heterocycles. The van der Waals surface area contributed by atoms with Crippen LogP contribution in [0, 0.1) is 0 Å². The summed E-state index contributed by atoms with van der Waals surface area (Å²) in [4.78, 5) is 35.1. The first-order chi connectivity index (χ1) is 15.0. The standard InChI is InChI=1S/C23H21N3O5/c1-3-30-23(29)17-9-7-16(8-10-17)21-12-11-20(31-21)14-24-26-22(28)18-5-4-6-19(13-18)25-15(2)27/h4-14H,3H2,1-2H3,(H,25,27)(H,26,28). The van der Waals surface area contributed by atoms with E-state index in [1.54, 1.807) is 67.6 Å². The number of furan rings is 1. The van der Waals surface area contributed by atoms with Gasteiger partial charge in [0.2, 0.25) is 5.91 Å². The molecule has 0 saturated heterocycles. The minimum Gasteiger partial charge on any atom is -0.462 e. The van der Waals surface area contributed by atoms with Gasteiger partial charge in [-0.1, -0.05) is 18.2 Å². The van der Waals surface area contributed by atoms with Gasteiger partial charge in [0.15, 0.2) is 0 Å². The van der Waals surface area contributed by atoms with E-state index in [1.807, 2.05) is 0 Å². The fourth-order valence-corrected chi connectivity index (χ4v) is 2.72. The van der Waals surface area contributed by atoms with E-state index in [-0.39, 0.29) is 11.9 Å². The fraction of sp³-hybridized carbons (Fsp3) is 0.130. The predicted molar refractivity (Wildman–Crippen MR) is 116 cm³/mol. The van der Waals surface area contributed by atoms with Gasteiger partial charge in [-0.15, -0.1) is 0 Å². The summed E-state index contributed by atoms with van der Waals surface area (Å²) in [5.74, 6) is 0.00662. The lowest BCUT2D eigenvalue weighted by Gasteiger charge is -2.04. The number of nitrogens with zero attached hydrogens (tertiary/aromatic N) is 1. The van der Waals surface area contributed by atoms with Gasteiger partial charge in [0.05, 0.1) is 18.4 Å². The van der Waals surface area contributed by atoms with Crippen LogP contribution in [0.25, 0.3) is 11.3 Å². The van der Waals surface area contributed by atoms with E-state index in [2.05, 4.69) is 15.8 Å². The number of nitrogens with one attached hydrogen (secondary N) is 2. The third kappa shape index (κ3) is 5.89. The van der Waals surface area contributed by atoms with Gasteiger partial charge in [0.1, 0.15) is 11.5 Å². The molecule has 3 aromatic rings. The average molecular weight is 419 g/mol. The maximum Gasteiger partial charge on any atom is 0.338 e. The third-order valence-electron chi connectivity index (χ3n) is 4.11. The van der Waals surface area contributed by atoms with Crippen molar-refractivity contribution < 1.29 is 23.5 Å². The van der Waals surface area contributed by atoms with Gasteiger partial charge in [-0.3, -0.25) is 9.59 Å². The Morgan fingerprint density at radius 3 is 2.52 bits per heavy atom. The zero-order valence-electron chi connectivity index (χ0n) is 17.0. The number of esters is 1. The van der Waals surface area contributed by atoms with Crippen LogP contribution in [-0.4, -0.2) is 30.6 Å². The summed E-state index contributed by atoms with van der Waals surface area (Å²) >= 11 is 0. The first-order valence-corrected chi connectivity index (χ1v) is 9.54. The van der Waals surface area contributed by atoms with Crippen LogP contribution in [0.3, 0.4) is 0 Å². The number of ether oxygens (including phenoxy) is 1. The first kappa shape index (κ1) is 21.5. The zero-order valence-corrected chi connectivity index (χ0v) is 17.0. The molecule has 0 aliphatic rings. The Hall–Kier alpha value is -4.20. The summed E-state index contributed by atoms with van der Waals surface area (Å²) in [7, 11) is 0. The van der Waals surface area contributed by atoms with Gasteiger partial charge >= 0.3 is 5.97 Å². The molecule has 2 N–H and O–H groups in total. The summed E-state index contributed by atoms with van der Waals surface area (Å²) in [5.41, 5.74) is 4.54. The predicted octanol–water partition coefficient (Wildman–Crippen LogP) is 3.85. The molecule has 8 nitrogen and oxygen atoms in total. The Kier molecular flexibility index (Phi) is 6.95. The van der Waals surface area contributed by atoms with Crippen molar-refractivity contribution in [2.75, 3.05) is 11.9 Å². The number of hydrogen-bond donors (Lipinski definition) is 2. The van der Waals surface area contributed by atoms with Crippen molar-refractivity contribution in [3.05, 3.63) is 77.6 Å². The normalized spacial score (nSPS) is 10.6. The lowest BCUT2D eigenvalue weighted by atomic mass is 10.1. The molecule has 1 heterocycles. The smallest absolute Gasteiger partial charge is 0.338 e. The number of carbonyl (C=O) groups is 3. The van der Waals surface area contributed by atoms with E-state index >= 15 is 0 Å². The Morgan fingerprint density at radius 2 is 1.81 bits per heavy atom. The van der Waals surface area contributed by atoms with Gasteiger partial charge < -0.3 is 14.5 Å². The summed E-state index contributed by atoms with van der Waals surface area (Å²) in [6.07, 6.45) is 1.38. The van der Waals surface area contributed by atoms with Crippen molar-refractivity contribution in [3.63, 3.8) is 0 Å². The van der Waals surface area contributed by atoms with Crippen LogP contribution < -0.4 is 10.7 Å². The summed E-state index contributed by atoms with van der Waals surface area (Å²) < 4.78 is 10.7. The molecular formula is C23H21N3O5. The number of benzene rings is 2. The van der Waals surface area contributed by atoms with Crippen molar-refractivity contribution in [3.8, 4) is 11.3 Å². The van der Waals surface area contributed by atoms with Gasteiger partial charge in [-0.05, 0) is 49.4 Å². The molecule has 0 bridgehead atoms. The van der Waals surface area contributed by atoms with Crippen LogP contribution >= 0.6 is 0 Å². The molecule has 0 radical (unpaired) electrons. The molecule has 1 aromatic heterocycles. The molecule has 158 valence electrons. The lowest BCUT2D eigenvalue weighted by Crippen LogP contribution is -2.18. The van der Waals surface area contributed by atoms with E-state index < -0.39 is 5.91 Å². The third-order valence-corrected chi connectivity index (χ3v) is 4.11. The van der Waals surface area contributed by atoms with E-state index in [0.29, 0.717) is 34.9 Å². The zero-order chi connectivity index (χ0) is 22.2. The van der Waals surface area contributed by atoms with E-state index in [4.69, 9.17) is 9.15 Å². The van der Waals surface area contributed by atoms with Crippen molar-refractivity contribution in [2.24, 2.45) is 5.10 Å². The van der Waals surface area contributed by atoms with Crippen molar-refractivity contribution >= 4 is 29.7 Å². The number of hydrazone groups is 1. The number of carbonyl (C=O) groups excluding carboxylic acids is 3. The van der Waals surface area contributed by atoms with E-state index in [0.717, 1.165) is 5.56 Å². The number of hydrogen-bond acceptors (Lipinski definition) is 6. The molecule has 0 unspecified atom stereocenters. The molecular weight excluding hydrogens is 398 g/mol. The average Bonchev–Trinajstić information content (AvgIpc) is 3.22. The second kappa shape index (κ2) is 10.0. The first-order valence-electron chi connectivity index (χ1n) is 9.54. The molecule has 0 aliphatic carbocycles. The maximum atomic E-state index is 12.2. The van der Waals surface area contributed by atoms with Gasteiger partial charge in [-0.25, -0.2) is 10.2 Å². The molecule has 2 amide bonds. The van der Waals surface area contributed by atoms with Crippen LogP contribution in [0.4, 0.5) is 5.69 Å². The Labute approximate surface area is 178 Å². The monoisotopic (exact) mass is 419 g/mol. The number of amides is 2. The Bertz CT molecular complexity index is 1120. The topological polar surface area (TPSA) is 110 Å². The van der Waals surface area contributed by atoms with Crippen LogP contribution in [0.15, 0.2) is 70.2 Å². The molecule has 2 aromatic carbocycles.